The quantitative estimate of drug-likeness (QED) is 0.156. The van der Waals surface area contributed by atoms with Crippen LogP contribution in [0.2, 0.25) is 10.0 Å². The summed E-state index contributed by atoms with van der Waals surface area (Å²) in [5.74, 6) is -0.585. The number of ether oxygens (including phenoxy) is 1. The Bertz CT molecular complexity index is 1500. The van der Waals surface area contributed by atoms with Crippen LogP contribution in [0.1, 0.15) is 29.8 Å². The van der Waals surface area contributed by atoms with Gasteiger partial charge in [0, 0.05) is 11.5 Å². The number of benzene rings is 4. The van der Waals surface area contributed by atoms with Crippen molar-refractivity contribution in [1.29, 1.82) is 5.41 Å². The maximum absolute atomic E-state index is 11.5. The van der Waals surface area contributed by atoms with Gasteiger partial charge in [-0.25, -0.2) is 4.79 Å². The molecule has 0 aliphatic carbocycles. The number of carbonyl (C=O) groups is 1. The maximum atomic E-state index is 11.5. The fourth-order valence-corrected chi connectivity index (χ4v) is 4.65. The van der Waals surface area contributed by atoms with Crippen molar-refractivity contribution >= 4 is 45.7 Å². The second kappa shape index (κ2) is 11.1. The van der Waals surface area contributed by atoms with Gasteiger partial charge < -0.3 is 14.9 Å². The first-order chi connectivity index (χ1) is 17.7. The molecule has 0 bridgehead atoms. The van der Waals surface area contributed by atoms with Crippen LogP contribution in [0.3, 0.4) is 0 Å². The molecular formula is C30H25Cl2NO4. The molecule has 4 aromatic carbocycles. The molecule has 0 fully saturated rings. The molecule has 37 heavy (non-hydrogen) atoms. The molecule has 0 saturated carbocycles. The van der Waals surface area contributed by atoms with E-state index in [0.29, 0.717) is 32.3 Å². The lowest BCUT2D eigenvalue weighted by Crippen LogP contribution is -2.17. The lowest BCUT2D eigenvalue weighted by molar-refractivity contribution is 0.0699. The molecule has 0 heterocycles. The summed E-state index contributed by atoms with van der Waals surface area (Å²) in [7, 11) is 0. The molecule has 0 amide bonds. The molecule has 0 aliphatic heterocycles. The first-order valence-corrected chi connectivity index (χ1v) is 12.4. The lowest BCUT2D eigenvalue weighted by atomic mass is 9.97. The third-order valence-corrected chi connectivity index (χ3v) is 6.68. The van der Waals surface area contributed by atoms with E-state index in [0.717, 1.165) is 16.5 Å². The maximum Gasteiger partial charge on any atom is 0.336 e. The van der Waals surface area contributed by atoms with Gasteiger partial charge in [-0.3, -0.25) is 5.41 Å². The molecule has 0 aliphatic rings. The van der Waals surface area contributed by atoms with E-state index in [1.54, 1.807) is 30.3 Å². The Hall–Kier alpha value is -3.80. The molecule has 4 aromatic rings. The van der Waals surface area contributed by atoms with Gasteiger partial charge in [0.05, 0.1) is 26.9 Å². The number of nitrogens with one attached hydrogen (secondary N) is 1. The summed E-state index contributed by atoms with van der Waals surface area (Å²) in [6.07, 6.45) is 0. The largest absolute Gasteiger partial charge is 0.512 e. The van der Waals surface area contributed by atoms with Gasteiger partial charge in [0.15, 0.2) is 0 Å². The first kappa shape index (κ1) is 26.3. The Labute approximate surface area is 225 Å². The number of fused-ring (bicyclic) bond motifs is 1. The van der Waals surface area contributed by atoms with Crippen LogP contribution in [0.5, 0.6) is 5.75 Å². The van der Waals surface area contributed by atoms with Gasteiger partial charge in [-0.1, -0.05) is 79.5 Å². The summed E-state index contributed by atoms with van der Waals surface area (Å²) < 4.78 is 5.95. The Morgan fingerprint density at radius 2 is 1.51 bits per heavy atom. The van der Waals surface area contributed by atoms with Crippen molar-refractivity contribution < 1.29 is 19.7 Å². The van der Waals surface area contributed by atoms with Crippen molar-refractivity contribution in [1.82, 2.24) is 0 Å². The molecule has 0 radical (unpaired) electrons. The number of hydrogen-bond donors (Lipinski definition) is 3. The van der Waals surface area contributed by atoms with E-state index in [1.807, 2.05) is 62.4 Å². The second-order valence-electron chi connectivity index (χ2n) is 8.85. The van der Waals surface area contributed by atoms with Crippen molar-refractivity contribution in [3.05, 3.63) is 111 Å². The summed E-state index contributed by atoms with van der Waals surface area (Å²) in [5.41, 5.74) is 2.80. The Morgan fingerprint density at radius 1 is 0.892 bits per heavy atom. The molecule has 0 atom stereocenters. The average Bonchev–Trinajstić information content (AvgIpc) is 2.88. The highest BCUT2D eigenvalue weighted by molar-refractivity contribution is 6.41. The number of carboxylic acid groups (broad SMARTS) is 1. The van der Waals surface area contributed by atoms with Crippen LogP contribution in [0, 0.1) is 11.3 Å². The minimum atomic E-state index is -0.957. The van der Waals surface area contributed by atoms with Crippen molar-refractivity contribution in [3.63, 3.8) is 0 Å². The van der Waals surface area contributed by atoms with E-state index < -0.39 is 5.97 Å². The number of aliphatic hydroxyl groups is 1. The summed E-state index contributed by atoms with van der Waals surface area (Å²) >= 11 is 12.6. The highest BCUT2D eigenvalue weighted by atomic mass is 35.5. The Morgan fingerprint density at radius 3 is 2.14 bits per heavy atom. The van der Waals surface area contributed by atoms with Crippen LogP contribution in [-0.2, 0) is 0 Å². The van der Waals surface area contributed by atoms with Gasteiger partial charge in [-0.15, -0.1) is 0 Å². The smallest absolute Gasteiger partial charge is 0.336 e. The summed E-state index contributed by atoms with van der Waals surface area (Å²) in [5, 5.41) is 31.0. The molecule has 0 unspecified atom stereocenters. The third-order valence-electron chi connectivity index (χ3n) is 6.05. The number of allylic oxidation sites excluding steroid dienone is 1. The third kappa shape index (κ3) is 5.63. The molecule has 0 aromatic heterocycles. The molecule has 0 saturated heterocycles. The van der Waals surface area contributed by atoms with Gasteiger partial charge in [0.1, 0.15) is 18.1 Å². The van der Waals surface area contributed by atoms with Gasteiger partial charge in [-0.2, -0.15) is 0 Å². The molecule has 188 valence electrons. The van der Waals surface area contributed by atoms with Crippen molar-refractivity contribution in [3.8, 4) is 16.9 Å². The van der Waals surface area contributed by atoms with Crippen LogP contribution in [0.25, 0.3) is 21.9 Å². The number of aliphatic hydroxyl groups excluding tert-OH is 1. The first-order valence-electron chi connectivity index (χ1n) is 11.6. The molecule has 5 nitrogen and oxygen atoms in total. The molecule has 3 N–H and O–H groups in total. The molecule has 0 spiro atoms. The standard InChI is InChI=1S/C30H25Cl2NO4/c1-17(2)29(34)24(28(33)27-25(31)7-4-8-26(27)32)16-37-21-12-9-18(10-13-21)19-11-14-22-20(15-19)5-3-6-23(22)30(35)36/h3-15,17,33-34H,16H2,1-2H3,(H,35,36)/b29-24-,33-28?. The normalized spacial score (nSPS) is 11.9. The highest BCUT2D eigenvalue weighted by Gasteiger charge is 2.21. The van der Waals surface area contributed by atoms with Gasteiger partial charge in [0.2, 0.25) is 0 Å². The predicted molar refractivity (Wildman–Crippen MR) is 150 cm³/mol. The van der Waals surface area contributed by atoms with Gasteiger partial charge in [-0.05, 0) is 58.3 Å². The zero-order chi connectivity index (χ0) is 26.7. The second-order valence-corrected chi connectivity index (χ2v) is 9.66. The zero-order valence-corrected chi connectivity index (χ0v) is 21.8. The van der Waals surface area contributed by atoms with E-state index in [2.05, 4.69) is 0 Å². The molecule has 7 heteroatoms. The van der Waals surface area contributed by atoms with Gasteiger partial charge >= 0.3 is 5.97 Å². The van der Waals surface area contributed by atoms with E-state index in [-0.39, 0.29) is 29.6 Å². The lowest BCUT2D eigenvalue weighted by Gasteiger charge is -2.17. The van der Waals surface area contributed by atoms with E-state index in [9.17, 15) is 15.0 Å². The van der Waals surface area contributed by atoms with Crippen LogP contribution < -0.4 is 4.74 Å². The monoisotopic (exact) mass is 533 g/mol. The average molecular weight is 534 g/mol. The number of rotatable bonds is 8. The Balaban J connectivity index is 1.57. The Kier molecular flexibility index (Phi) is 7.86. The van der Waals surface area contributed by atoms with Crippen LogP contribution in [-0.4, -0.2) is 28.5 Å². The predicted octanol–water partition coefficient (Wildman–Crippen LogP) is 8.43. The number of aromatic carboxylic acids is 1. The summed E-state index contributed by atoms with van der Waals surface area (Å²) in [4.78, 5) is 11.5. The summed E-state index contributed by atoms with van der Waals surface area (Å²) in [6.45, 7) is 3.61. The van der Waals surface area contributed by atoms with Crippen LogP contribution in [0.4, 0.5) is 0 Å². The minimum Gasteiger partial charge on any atom is -0.512 e. The topological polar surface area (TPSA) is 90.6 Å². The van der Waals surface area contributed by atoms with Crippen molar-refractivity contribution in [2.24, 2.45) is 5.92 Å². The number of hydrogen-bond acceptors (Lipinski definition) is 4. The molecular weight excluding hydrogens is 509 g/mol. The fourth-order valence-electron chi connectivity index (χ4n) is 4.06. The number of halogens is 2. The van der Waals surface area contributed by atoms with Crippen molar-refractivity contribution in [2.45, 2.75) is 13.8 Å². The highest BCUT2D eigenvalue weighted by Crippen LogP contribution is 2.30. The van der Waals surface area contributed by atoms with E-state index in [4.69, 9.17) is 33.3 Å². The van der Waals surface area contributed by atoms with Gasteiger partial charge in [0.25, 0.3) is 0 Å². The molecule has 4 rings (SSSR count). The van der Waals surface area contributed by atoms with Crippen molar-refractivity contribution in [2.75, 3.05) is 6.61 Å². The van der Waals surface area contributed by atoms with E-state index in [1.165, 1.54) is 0 Å². The summed E-state index contributed by atoms with van der Waals surface area (Å²) in [6, 6.07) is 23.3. The SMILES string of the molecule is CC(C)/C(O)=C(\COc1ccc(-c2ccc3c(C(=O)O)cccc3c2)cc1)C(=N)c1c(Cl)cccc1Cl. The van der Waals surface area contributed by atoms with E-state index >= 15 is 0 Å². The van der Waals surface area contributed by atoms with Crippen LogP contribution >= 0.6 is 23.2 Å². The number of carboxylic acids is 1. The fraction of sp³-hybridized carbons (Fsp3) is 0.133. The zero-order valence-electron chi connectivity index (χ0n) is 20.3. The minimum absolute atomic E-state index is 0.00955. The van der Waals surface area contributed by atoms with Crippen LogP contribution in [0.15, 0.2) is 90.2 Å².